The maximum Gasteiger partial charge on any atom is 0.259 e. The zero-order chi connectivity index (χ0) is 22.9. The molecule has 5 heteroatoms. The second-order valence-electron chi connectivity index (χ2n) is 8.33. The molecule has 0 aliphatic carbocycles. The van der Waals surface area contributed by atoms with Crippen LogP contribution in [0.4, 0.5) is 5.69 Å². The Labute approximate surface area is 192 Å². The van der Waals surface area contributed by atoms with Crippen molar-refractivity contribution < 1.29 is 13.9 Å². The first-order chi connectivity index (χ1) is 16.0. The SMILES string of the molecule is COc1cc2ccccc2cc1C(=O)Nc1ccc(-c2nc3cc(C(C)C)ccc3o2)cc1. The fourth-order valence-electron chi connectivity index (χ4n) is 3.89. The summed E-state index contributed by atoms with van der Waals surface area (Å²) in [6.07, 6.45) is 0. The van der Waals surface area contributed by atoms with Gasteiger partial charge in [-0.3, -0.25) is 4.79 Å². The number of anilines is 1. The lowest BCUT2D eigenvalue weighted by Crippen LogP contribution is -2.13. The van der Waals surface area contributed by atoms with E-state index in [1.807, 2.05) is 66.7 Å². The predicted molar refractivity (Wildman–Crippen MR) is 132 cm³/mol. The molecule has 5 aromatic rings. The van der Waals surface area contributed by atoms with E-state index < -0.39 is 0 Å². The number of rotatable bonds is 5. The van der Waals surface area contributed by atoms with Crippen LogP contribution in [0.3, 0.4) is 0 Å². The lowest BCUT2D eigenvalue weighted by atomic mass is 10.0. The van der Waals surface area contributed by atoms with Crippen LogP contribution in [0, 0.1) is 0 Å². The van der Waals surface area contributed by atoms with Crippen LogP contribution >= 0.6 is 0 Å². The Morgan fingerprint density at radius 2 is 1.67 bits per heavy atom. The number of hydrogen-bond donors (Lipinski definition) is 1. The van der Waals surface area contributed by atoms with Gasteiger partial charge in [-0.25, -0.2) is 4.98 Å². The van der Waals surface area contributed by atoms with Crippen molar-refractivity contribution in [3.8, 4) is 17.2 Å². The second kappa shape index (κ2) is 8.43. The van der Waals surface area contributed by atoms with Crippen molar-refractivity contribution in [2.45, 2.75) is 19.8 Å². The number of hydrogen-bond acceptors (Lipinski definition) is 4. The van der Waals surface area contributed by atoms with Crippen LogP contribution in [-0.2, 0) is 0 Å². The van der Waals surface area contributed by atoms with Gasteiger partial charge >= 0.3 is 0 Å². The molecule has 1 N–H and O–H groups in total. The Morgan fingerprint density at radius 1 is 0.939 bits per heavy atom. The molecule has 5 nitrogen and oxygen atoms in total. The van der Waals surface area contributed by atoms with E-state index in [0.717, 1.165) is 27.4 Å². The van der Waals surface area contributed by atoms with Gasteiger partial charge in [0.1, 0.15) is 11.3 Å². The minimum atomic E-state index is -0.228. The van der Waals surface area contributed by atoms with E-state index in [9.17, 15) is 4.79 Å². The van der Waals surface area contributed by atoms with Gasteiger partial charge in [0, 0.05) is 11.3 Å². The molecule has 1 heterocycles. The van der Waals surface area contributed by atoms with Crippen LogP contribution < -0.4 is 10.1 Å². The smallest absolute Gasteiger partial charge is 0.259 e. The number of fused-ring (bicyclic) bond motifs is 2. The van der Waals surface area contributed by atoms with E-state index >= 15 is 0 Å². The summed E-state index contributed by atoms with van der Waals surface area (Å²) in [6.45, 7) is 4.31. The van der Waals surface area contributed by atoms with E-state index in [0.29, 0.717) is 28.8 Å². The summed E-state index contributed by atoms with van der Waals surface area (Å²) in [6, 6.07) is 25.2. The fraction of sp³-hybridized carbons (Fsp3) is 0.143. The molecule has 0 radical (unpaired) electrons. The Bertz CT molecular complexity index is 1470. The molecule has 0 saturated heterocycles. The third-order valence-electron chi connectivity index (χ3n) is 5.78. The minimum absolute atomic E-state index is 0.228. The molecule has 164 valence electrons. The molecule has 0 saturated carbocycles. The van der Waals surface area contributed by atoms with Crippen LogP contribution in [0.1, 0.15) is 35.7 Å². The normalized spacial score (nSPS) is 11.3. The predicted octanol–water partition coefficient (Wildman–Crippen LogP) is 7.03. The van der Waals surface area contributed by atoms with Gasteiger partial charge in [0.15, 0.2) is 5.58 Å². The number of carbonyl (C=O) groups excluding carboxylic acids is 1. The van der Waals surface area contributed by atoms with Crippen LogP contribution in [0.25, 0.3) is 33.3 Å². The maximum absolute atomic E-state index is 13.0. The van der Waals surface area contributed by atoms with Crippen LogP contribution in [0.5, 0.6) is 5.75 Å². The van der Waals surface area contributed by atoms with Gasteiger partial charge in [0.05, 0.1) is 12.7 Å². The molecular formula is C28H24N2O3. The number of ether oxygens (including phenoxy) is 1. The van der Waals surface area contributed by atoms with E-state index in [2.05, 4.69) is 36.3 Å². The van der Waals surface area contributed by atoms with Gasteiger partial charge in [-0.05, 0) is 70.8 Å². The first-order valence-electron chi connectivity index (χ1n) is 10.9. The first-order valence-corrected chi connectivity index (χ1v) is 10.9. The average Bonchev–Trinajstić information content (AvgIpc) is 3.27. The Morgan fingerprint density at radius 3 is 2.36 bits per heavy atom. The van der Waals surface area contributed by atoms with E-state index in [4.69, 9.17) is 9.15 Å². The van der Waals surface area contributed by atoms with Crippen LogP contribution in [0.2, 0.25) is 0 Å². The fourth-order valence-corrected chi connectivity index (χ4v) is 3.89. The van der Waals surface area contributed by atoms with Crippen molar-refractivity contribution in [2.24, 2.45) is 0 Å². The summed E-state index contributed by atoms with van der Waals surface area (Å²) < 4.78 is 11.4. The Balaban J connectivity index is 1.38. The van der Waals surface area contributed by atoms with Gasteiger partial charge in [-0.15, -0.1) is 0 Å². The molecule has 0 aliphatic heterocycles. The maximum atomic E-state index is 13.0. The minimum Gasteiger partial charge on any atom is -0.496 e. The first kappa shape index (κ1) is 20.8. The lowest BCUT2D eigenvalue weighted by Gasteiger charge is -2.11. The number of aromatic nitrogens is 1. The third kappa shape index (κ3) is 4.05. The topological polar surface area (TPSA) is 64.4 Å². The molecule has 0 spiro atoms. The van der Waals surface area contributed by atoms with Crippen molar-refractivity contribution >= 4 is 33.5 Å². The van der Waals surface area contributed by atoms with Crippen LogP contribution in [0.15, 0.2) is 83.3 Å². The number of nitrogens with one attached hydrogen (secondary N) is 1. The summed E-state index contributed by atoms with van der Waals surface area (Å²) in [5, 5.41) is 4.96. The summed E-state index contributed by atoms with van der Waals surface area (Å²) in [4.78, 5) is 17.6. The van der Waals surface area contributed by atoms with E-state index in [1.165, 1.54) is 5.56 Å². The number of benzene rings is 4. The molecular weight excluding hydrogens is 412 g/mol. The monoisotopic (exact) mass is 436 g/mol. The number of nitrogens with zero attached hydrogens (tertiary/aromatic N) is 1. The largest absolute Gasteiger partial charge is 0.496 e. The highest BCUT2D eigenvalue weighted by Crippen LogP contribution is 2.29. The zero-order valence-corrected chi connectivity index (χ0v) is 18.8. The quantitative estimate of drug-likeness (QED) is 0.321. The molecule has 0 atom stereocenters. The van der Waals surface area contributed by atoms with E-state index in [1.54, 1.807) is 7.11 Å². The van der Waals surface area contributed by atoms with Crippen molar-refractivity contribution in [3.05, 3.63) is 90.0 Å². The number of oxazole rings is 1. The third-order valence-corrected chi connectivity index (χ3v) is 5.78. The molecule has 0 fully saturated rings. The van der Waals surface area contributed by atoms with Gasteiger partial charge in [-0.1, -0.05) is 44.2 Å². The van der Waals surface area contributed by atoms with Gasteiger partial charge in [-0.2, -0.15) is 0 Å². The highest BCUT2D eigenvalue weighted by Gasteiger charge is 2.15. The number of carbonyl (C=O) groups is 1. The highest BCUT2D eigenvalue weighted by atomic mass is 16.5. The highest BCUT2D eigenvalue weighted by molar-refractivity contribution is 6.08. The lowest BCUT2D eigenvalue weighted by molar-refractivity contribution is 0.102. The molecule has 0 bridgehead atoms. The van der Waals surface area contributed by atoms with Crippen molar-refractivity contribution in [3.63, 3.8) is 0 Å². The molecule has 0 aliphatic rings. The Hall–Kier alpha value is -4.12. The van der Waals surface area contributed by atoms with Crippen molar-refractivity contribution in [2.75, 3.05) is 12.4 Å². The van der Waals surface area contributed by atoms with Gasteiger partial charge < -0.3 is 14.5 Å². The second-order valence-corrected chi connectivity index (χ2v) is 8.33. The van der Waals surface area contributed by atoms with Crippen molar-refractivity contribution in [1.82, 2.24) is 4.98 Å². The molecule has 0 unspecified atom stereocenters. The Kier molecular flexibility index (Phi) is 5.31. The number of methoxy groups -OCH3 is 1. The van der Waals surface area contributed by atoms with E-state index in [-0.39, 0.29) is 5.91 Å². The number of amides is 1. The molecule has 5 rings (SSSR count). The van der Waals surface area contributed by atoms with Gasteiger partial charge in [0.25, 0.3) is 5.91 Å². The van der Waals surface area contributed by atoms with Gasteiger partial charge in [0.2, 0.25) is 5.89 Å². The average molecular weight is 437 g/mol. The molecule has 1 aromatic heterocycles. The standard InChI is InChI=1S/C28H24N2O3/c1-17(2)19-10-13-25-24(15-19)30-28(33-25)18-8-11-22(12-9-18)29-27(31)23-14-20-6-4-5-7-21(20)16-26(23)32-3/h4-17H,1-3H3,(H,29,31). The van der Waals surface area contributed by atoms with Crippen LogP contribution in [-0.4, -0.2) is 18.0 Å². The summed E-state index contributed by atoms with van der Waals surface area (Å²) >= 11 is 0. The summed E-state index contributed by atoms with van der Waals surface area (Å²) in [7, 11) is 1.57. The van der Waals surface area contributed by atoms with Crippen molar-refractivity contribution in [1.29, 1.82) is 0 Å². The summed E-state index contributed by atoms with van der Waals surface area (Å²) in [5.41, 5.74) is 4.84. The zero-order valence-electron chi connectivity index (χ0n) is 18.8. The molecule has 4 aromatic carbocycles. The molecule has 1 amide bonds. The molecule has 33 heavy (non-hydrogen) atoms. The summed E-state index contributed by atoms with van der Waals surface area (Å²) in [5.74, 6) is 1.29.